The van der Waals surface area contributed by atoms with Gasteiger partial charge in [0.2, 0.25) is 23.8 Å². The SMILES string of the molecule is CC(C)C(=O)Nc1nc2c(c(=O)[nH]1)n(C)c[n+]2[C@@H]1O[C@H](COC(=O)C(C)C)[C@@H](OC(=O)C(C)C)[C@H]1OC(=O)C(C)C. The van der Waals surface area contributed by atoms with E-state index in [1.54, 1.807) is 62.4 Å². The molecule has 0 bridgehead atoms. The Labute approximate surface area is 237 Å². The number of aromatic nitrogens is 4. The van der Waals surface area contributed by atoms with Crippen molar-refractivity contribution in [2.75, 3.05) is 11.9 Å². The largest absolute Gasteiger partial charge is 0.463 e. The number of carbonyl (C=O) groups is 4. The van der Waals surface area contributed by atoms with Gasteiger partial charge in [-0.25, -0.2) is 4.57 Å². The summed E-state index contributed by atoms with van der Waals surface area (Å²) in [6, 6.07) is 0. The summed E-state index contributed by atoms with van der Waals surface area (Å²) in [6.45, 7) is 13.1. The third-order valence-electron chi connectivity index (χ3n) is 6.41. The molecule has 0 saturated carbocycles. The van der Waals surface area contributed by atoms with Crippen LogP contribution in [0.1, 0.15) is 61.6 Å². The van der Waals surface area contributed by atoms with Crippen molar-refractivity contribution in [2.24, 2.45) is 30.7 Å². The molecule has 3 heterocycles. The molecular weight excluding hydrogens is 538 g/mol. The van der Waals surface area contributed by atoms with Gasteiger partial charge in [-0.3, -0.25) is 38.8 Å². The molecule has 1 aliphatic rings. The third kappa shape index (κ3) is 7.10. The Morgan fingerprint density at radius 1 is 0.951 bits per heavy atom. The van der Waals surface area contributed by atoms with Crippen LogP contribution in [0.15, 0.2) is 11.1 Å². The fourth-order valence-electron chi connectivity index (χ4n) is 3.96. The van der Waals surface area contributed by atoms with Crippen LogP contribution in [0.5, 0.6) is 0 Å². The van der Waals surface area contributed by atoms with Gasteiger partial charge in [0, 0.05) is 5.92 Å². The Hall–Kier alpha value is -3.81. The molecule has 1 fully saturated rings. The summed E-state index contributed by atoms with van der Waals surface area (Å²) in [5.41, 5.74) is -0.274. The van der Waals surface area contributed by atoms with Crippen molar-refractivity contribution in [3.05, 3.63) is 16.7 Å². The minimum Gasteiger partial charge on any atom is -0.463 e. The molecule has 1 saturated heterocycles. The summed E-state index contributed by atoms with van der Waals surface area (Å²) in [7, 11) is 1.62. The summed E-state index contributed by atoms with van der Waals surface area (Å²) in [6.07, 6.45) is -2.98. The number of anilines is 1. The lowest BCUT2D eigenvalue weighted by atomic mass is 10.1. The number of fused-ring (bicyclic) bond motifs is 1. The van der Waals surface area contributed by atoms with Crippen LogP contribution >= 0.6 is 0 Å². The van der Waals surface area contributed by atoms with Crippen LogP contribution in [0.2, 0.25) is 0 Å². The minimum atomic E-state index is -1.19. The van der Waals surface area contributed by atoms with Crippen molar-refractivity contribution in [1.29, 1.82) is 0 Å². The van der Waals surface area contributed by atoms with Crippen molar-refractivity contribution in [3.8, 4) is 0 Å². The maximum Gasteiger partial charge on any atom is 0.313 e. The monoisotopic (exact) mass is 578 g/mol. The summed E-state index contributed by atoms with van der Waals surface area (Å²) < 4.78 is 26.3. The molecule has 14 heteroatoms. The second-order valence-electron chi connectivity index (χ2n) is 11.3. The number of nitrogens with zero attached hydrogens (tertiary/aromatic N) is 3. The number of H-pyrrole nitrogens is 1. The van der Waals surface area contributed by atoms with E-state index in [1.165, 1.54) is 15.5 Å². The molecule has 0 aromatic carbocycles. The number of carbonyl (C=O) groups excluding carboxylic acids is 4. The summed E-state index contributed by atoms with van der Waals surface area (Å²) >= 11 is 0. The first-order valence-corrected chi connectivity index (χ1v) is 13.7. The smallest absolute Gasteiger partial charge is 0.313 e. The molecular formula is C27H40N5O9+. The highest BCUT2D eigenvalue weighted by Crippen LogP contribution is 2.33. The minimum absolute atomic E-state index is 0.0833. The summed E-state index contributed by atoms with van der Waals surface area (Å²) in [5.74, 6) is -3.89. The van der Waals surface area contributed by atoms with Crippen molar-refractivity contribution in [3.63, 3.8) is 0 Å². The lowest BCUT2D eigenvalue weighted by molar-refractivity contribution is -0.745. The van der Waals surface area contributed by atoms with Gasteiger partial charge in [-0.05, 0) is 0 Å². The topological polar surface area (TPSA) is 172 Å². The molecule has 0 spiro atoms. The highest BCUT2D eigenvalue weighted by Gasteiger charge is 2.54. The van der Waals surface area contributed by atoms with Crippen LogP contribution in [-0.4, -0.2) is 63.3 Å². The van der Waals surface area contributed by atoms with Crippen molar-refractivity contribution in [2.45, 2.75) is 79.9 Å². The van der Waals surface area contributed by atoms with Crippen LogP contribution in [0, 0.1) is 23.7 Å². The van der Waals surface area contributed by atoms with E-state index < -0.39 is 65.8 Å². The zero-order chi connectivity index (χ0) is 30.8. The number of ether oxygens (including phenoxy) is 4. The first-order chi connectivity index (χ1) is 19.1. The van der Waals surface area contributed by atoms with Crippen LogP contribution in [0.25, 0.3) is 11.2 Å². The Kier molecular flexibility index (Phi) is 9.89. The number of amides is 1. The Morgan fingerprint density at radius 3 is 2.05 bits per heavy atom. The second-order valence-corrected chi connectivity index (χ2v) is 11.3. The van der Waals surface area contributed by atoms with Crippen LogP contribution in [0.4, 0.5) is 5.95 Å². The first kappa shape index (κ1) is 31.7. The standard InChI is InChI=1S/C27H39N5O9/c1-12(2)21(33)29-27-28-20-17(22(34)30-27)31(9)11-32(20)23-19(41-26(37)15(7)8)18(40-25(36)14(5)6)16(39-23)10-38-24(35)13(3)4/h11-16,18-19,23H,10H2,1-9H3,(H-,28,29,30,33,34)/p+1/t16-,18-,19-,23-/m1/s1. The second kappa shape index (κ2) is 12.8. The van der Waals surface area contributed by atoms with Gasteiger partial charge in [-0.2, -0.15) is 0 Å². The van der Waals surface area contributed by atoms with E-state index in [-0.39, 0.29) is 35.5 Å². The van der Waals surface area contributed by atoms with Crippen LogP contribution in [-0.2, 0) is 45.2 Å². The van der Waals surface area contributed by atoms with Gasteiger partial charge in [0.1, 0.15) is 12.7 Å². The van der Waals surface area contributed by atoms with E-state index >= 15 is 0 Å². The van der Waals surface area contributed by atoms with Gasteiger partial charge >= 0.3 is 23.6 Å². The molecule has 0 unspecified atom stereocenters. The van der Waals surface area contributed by atoms with Crippen LogP contribution < -0.4 is 15.4 Å². The zero-order valence-corrected chi connectivity index (χ0v) is 24.9. The van der Waals surface area contributed by atoms with E-state index in [0.29, 0.717) is 0 Å². The number of imidazole rings is 1. The maximum atomic E-state index is 13.0. The van der Waals surface area contributed by atoms with Gasteiger partial charge in [0.25, 0.3) is 11.5 Å². The number of rotatable bonds is 10. The summed E-state index contributed by atoms with van der Waals surface area (Å²) in [5, 5.41) is 2.58. The van der Waals surface area contributed by atoms with E-state index in [4.69, 9.17) is 18.9 Å². The number of hydrogen-bond acceptors (Lipinski definition) is 10. The molecule has 0 radical (unpaired) electrons. The maximum absolute atomic E-state index is 13.0. The van der Waals surface area contributed by atoms with E-state index in [2.05, 4.69) is 15.3 Å². The predicted molar refractivity (Wildman–Crippen MR) is 144 cm³/mol. The van der Waals surface area contributed by atoms with Crippen LogP contribution in [0.3, 0.4) is 0 Å². The zero-order valence-electron chi connectivity index (χ0n) is 24.9. The Morgan fingerprint density at radius 2 is 1.51 bits per heavy atom. The molecule has 0 aliphatic carbocycles. The highest BCUT2D eigenvalue weighted by molar-refractivity contribution is 5.90. The number of hydrogen-bond donors (Lipinski definition) is 2. The number of aromatic amines is 1. The van der Waals surface area contributed by atoms with Crippen molar-refractivity contribution < 1.29 is 42.7 Å². The molecule has 2 N–H and O–H groups in total. The molecule has 2 aromatic rings. The van der Waals surface area contributed by atoms with Crippen molar-refractivity contribution in [1.82, 2.24) is 14.5 Å². The lowest BCUT2D eigenvalue weighted by Gasteiger charge is -2.25. The molecule has 226 valence electrons. The molecule has 2 aromatic heterocycles. The molecule has 41 heavy (non-hydrogen) atoms. The first-order valence-electron chi connectivity index (χ1n) is 13.7. The summed E-state index contributed by atoms with van der Waals surface area (Å²) in [4.78, 5) is 70.1. The van der Waals surface area contributed by atoms with E-state index in [0.717, 1.165) is 0 Å². The molecule has 1 aliphatic heterocycles. The fraction of sp³-hybridized carbons (Fsp3) is 0.667. The number of aryl methyl sites for hydroxylation is 1. The van der Waals surface area contributed by atoms with Gasteiger partial charge < -0.3 is 18.9 Å². The molecule has 3 rings (SSSR count). The third-order valence-corrected chi connectivity index (χ3v) is 6.41. The Bertz CT molecular complexity index is 1360. The Balaban J connectivity index is 2.14. The molecule has 1 amide bonds. The highest BCUT2D eigenvalue weighted by atomic mass is 16.7. The van der Waals surface area contributed by atoms with Gasteiger partial charge in [-0.1, -0.05) is 60.4 Å². The normalized spacial score (nSPS) is 20.7. The lowest BCUT2D eigenvalue weighted by Crippen LogP contribution is -2.49. The van der Waals surface area contributed by atoms with E-state index in [1.807, 2.05) is 0 Å². The fourth-order valence-corrected chi connectivity index (χ4v) is 3.96. The van der Waals surface area contributed by atoms with Gasteiger partial charge in [-0.15, -0.1) is 0 Å². The molecule has 14 nitrogen and oxygen atoms in total. The van der Waals surface area contributed by atoms with Crippen molar-refractivity contribution >= 4 is 40.9 Å². The average Bonchev–Trinajstić information content (AvgIpc) is 3.38. The molecule has 4 atom stereocenters. The predicted octanol–water partition coefficient (Wildman–Crippen LogP) is 1.38. The van der Waals surface area contributed by atoms with E-state index in [9.17, 15) is 24.0 Å². The number of nitrogens with one attached hydrogen (secondary N) is 2. The quantitative estimate of drug-likeness (QED) is 0.238. The van der Waals surface area contributed by atoms with Gasteiger partial charge in [0.15, 0.2) is 12.4 Å². The van der Waals surface area contributed by atoms with Gasteiger partial charge in [0.05, 0.1) is 24.8 Å². The number of esters is 3. The average molecular weight is 579 g/mol.